The quantitative estimate of drug-likeness (QED) is 0.367. The van der Waals surface area contributed by atoms with Crippen LogP contribution < -0.4 is 5.32 Å². The number of aromatic nitrogens is 3. The molecule has 9 heteroatoms. The third kappa shape index (κ3) is 3.82. The van der Waals surface area contributed by atoms with Gasteiger partial charge in [-0.1, -0.05) is 0 Å². The van der Waals surface area contributed by atoms with Gasteiger partial charge in [-0.2, -0.15) is 0 Å². The van der Waals surface area contributed by atoms with E-state index in [1.165, 1.54) is 4.90 Å². The third-order valence-electron chi connectivity index (χ3n) is 7.22. The molecule has 2 aliphatic rings. The van der Waals surface area contributed by atoms with E-state index in [2.05, 4.69) is 38.5 Å². The van der Waals surface area contributed by atoms with Crippen LogP contribution in [-0.2, 0) is 13.1 Å². The number of amides is 3. The van der Waals surface area contributed by atoms with Crippen LogP contribution in [0.25, 0.3) is 22.2 Å². The van der Waals surface area contributed by atoms with Crippen molar-refractivity contribution >= 4 is 28.8 Å². The van der Waals surface area contributed by atoms with Gasteiger partial charge in [0.2, 0.25) is 0 Å². The van der Waals surface area contributed by atoms with E-state index in [0.717, 1.165) is 57.3 Å². The van der Waals surface area contributed by atoms with Gasteiger partial charge in [-0.3, -0.25) is 4.98 Å². The van der Waals surface area contributed by atoms with Gasteiger partial charge in [-0.15, -0.1) is 0 Å². The lowest BCUT2D eigenvalue weighted by molar-refractivity contribution is 0.140. The number of benzene rings is 1. The summed E-state index contributed by atoms with van der Waals surface area (Å²) in [5, 5.41) is 13.8. The molecular weight excluding hydrogens is 456 g/mol. The van der Waals surface area contributed by atoms with Gasteiger partial charge < -0.3 is 25.2 Å². The van der Waals surface area contributed by atoms with E-state index in [4.69, 9.17) is 0 Å². The van der Waals surface area contributed by atoms with E-state index in [-0.39, 0.29) is 12.1 Å². The molecule has 0 spiro atoms. The lowest BCUT2D eigenvalue weighted by atomic mass is 9.91. The van der Waals surface area contributed by atoms with Gasteiger partial charge in [-0.05, 0) is 77.9 Å². The van der Waals surface area contributed by atoms with Crippen molar-refractivity contribution in [3.63, 3.8) is 0 Å². The van der Waals surface area contributed by atoms with E-state index >= 15 is 0 Å². The summed E-state index contributed by atoms with van der Waals surface area (Å²) in [7, 11) is 0. The van der Waals surface area contributed by atoms with Gasteiger partial charge in [0.1, 0.15) is 5.65 Å². The van der Waals surface area contributed by atoms with Crippen LogP contribution in [0.2, 0.25) is 0 Å². The van der Waals surface area contributed by atoms with E-state index in [9.17, 15) is 14.7 Å². The minimum atomic E-state index is -0.910. The summed E-state index contributed by atoms with van der Waals surface area (Å²) < 4.78 is 0. The van der Waals surface area contributed by atoms with Gasteiger partial charge in [0, 0.05) is 49.2 Å². The van der Waals surface area contributed by atoms with Crippen LogP contribution in [0.3, 0.4) is 0 Å². The topological polar surface area (TPSA) is 114 Å². The number of carbonyl (C=O) groups is 2. The molecule has 4 aromatic rings. The van der Waals surface area contributed by atoms with Crippen molar-refractivity contribution in [2.45, 2.75) is 38.9 Å². The Morgan fingerprint density at radius 3 is 2.86 bits per heavy atom. The zero-order valence-corrected chi connectivity index (χ0v) is 19.9. The van der Waals surface area contributed by atoms with E-state index in [1.807, 2.05) is 19.3 Å². The molecule has 3 aromatic heterocycles. The van der Waals surface area contributed by atoms with Crippen LogP contribution in [0.5, 0.6) is 0 Å². The van der Waals surface area contributed by atoms with Crippen molar-refractivity contribution in [1.82, 2.24) is 24.8 Å². The monoisotopic (exact) mass is 482 g/mol. The Hall–Kier alpha value is -4.40. The Morgan fingerprint density at radius 1 is 1.17 bits per heavy atom. The first-order valence-corrected chi connectivity index (χ1v) is 12.0. The number of hydrogen-bond acceptors (Lipinski definition) is 4. The Morgan fingerprint density at radius 2 is 2.06 bits per heavy atom. The van der Waals surface area contributed by atoms with Crippen LogP contribution in [0, 0.1) is 6.92 Å². The largest absolute Gasteiger partial charge is 0.465 e. The van der Waals surface area contributed by atoms with Crippen molar-refractivity contribution in [3.8, 4) is 11.1 Å². The fourth-order valence-electron chi connectivity index (χ4n) is 5.40. The number of nitrogens with zero attached hydrogens (tertiary/aromatic N) is 4. The fourth-order valence-corrected chi connectivity index (χ4v) is 5.40. The molecule has 1 atom stereocenters. The number of carboxylic acid groups (broad SMARTS) is 1. The van der Waals surface area contributed by atoms with Gasteiger partial charge in [0.05, 0.1) is 17.9 Å². The second-order valence-corrected chi connectivity index (χ2v) is 9.46. The van der Waals surface area contributed by atoms with Crippen molar-refractivity contribution < 1.29 is 14.7 Å². The highest BCUT2D eigenvalue weighted by Crippen LogP contribution is 2.41. The molecule has 9 nitrogen and oxygen atoms in total. The minimum Gasteiger partial charge on any atom is -0.465 e. The predicted octanol–water partition coefficient (Wildman–Crippen LogP) is 5.30. The van der Waals surface area contributed by atoms with Gasteiger partial charge >= 0.3 is 12.1 Å². The summed E-state index contributed by atoms with van der Waals surface area (Å²) in [6.07, 6.45) is 7.72. The Balaban J connectivity index is 1.40. The lowest BCUT2D eigenvalue weighted by Crippen LogP contribution is -2.31. The van der Waals surface area contributed by atoms with Gasteiger partial charge in [-0.25, -0.2) is 14.6 Å². The molecule has 1 aromatic carbocycles. The number of aryl methyl sites for hydroxylation is 1. The summed E-state index contributed by atoms with van der Waals surface area (Å²) in [5.41, 5.74) is 7.57. The third-order valence-corrected chi connectivity index (χ3v) is 7.22. The van der Waals surface area contributed by atoms with Crippen molar-refractivity contribution in [2.24, 2.45) is 0 Å². The Labute approximate surface area is 207 Å². The molecule has 1 fully saturated rings. The molecule has 0 saturated carbocycles. The molecule has 3 N–H and O–H groups in total. The second kappa shape index (κ2) is 8.67. The maximum atomic E-state index is 13.1. The Kier molecular flexibility index (Phi) is 5.32. The molecule has 3 amide bonds. The lowest BCUT2D eigenvalue weighted by Gasteiger charge is -2.25. The number of hydrogen-bond donors (Lipinski definition) is 3. The predicted molar refractivity (Wildman–Crippen MR) is 135 cm³/mol. The maximum Gasteiger partial charge on any atom is 0.407 e. The summed E-state index contributed by atoms with van der Waals surface area (Å²) in [4.78, 5) is 40.2. The number of urea groups is 1. The molecular formula is C27H26N6O3. The van der Waals surface area contributed by atoms with Crippen LogP contribution >= 0.6 is 0 Å². The highest BCUT2D eigenvalue weighted by atomic mass is 16.4. The second-order valence-electron chi connectivity index (χ2n) is 9.46. The van der Waals surface area contributed by atoms with Gasteiger partial charge in [0.25, 0.3) is 0 Å². The molecule has 5 heterocycles. The molecule has 182 valence electrons. The van der Waals surface area contributed by atoms with Crippen molar-refractivity contribution in [3.05, 3.63) is 77.4 Å². The molecule has 1 unspecified atom stereocenters. The number of aromatic amines is 1. The Bertz CT molecular complexity index is 1480. The van der Waals surface area contributed by atoms with Gasteiger partial charge in [0.15, 0.2) is 0 Å². The molecule has 6 rings (SSSR count). The molecule has 0 bridgehead atoms. The zero-order chi connectivity index (χ0) is 24.8. The van der Waals surface area contributed by atoms with Crippen LogP contribution in [0.15, 0.2) is 55.1 Å². The number of fused-ring (bicyclic) bond motifs is 2. The van der Waals surface area contributed by atoms with Crippen LogP contribution in [-0.4, -0.2) is 48.5 Å². The smallest absolute Gasteiger partial charge is 0.407 e. The maximum absolute atomic E-state index is 13.1. The molecule has 0 radical (unpaired) electrons. The first-order chi connectivity index (χ1) is 17.5. The first-order valence-electron chi connectivity index (χ1n) is 12.0. The number of carbonyl (C=O) groups excluding carboxylic acids is 1. The summed E-state index contributed by atoms with van der Waals surface area (Å²) in [5.74, 6) is 0. The molecule has 36 heavy (non-hydrogen) atoms. The first kappa shape index (κ1) is 22.1. The van der Waals surface area contributed by atoms with E-state index in [1.54, 1.807) is 29.4 Å². The zero-order valence-electron chi connectivity index (χ0n) is 19.9. The van der Waals surface area contributed by atoms with Crippen molar-refractivity contribution in [1.29, 1.82) is 0 Å². The SMILES string of the molecule is Cc1c[nH]c2ncc(-c3cc4c(c(C5CCCN5C(=O)O)c3)CN(C(=O)Nc3cccnc3)C4)cc12. The number of likely N-dealkylation sites (tertiary alicyclic amines) is 1. The van der Waals surface area contributed by atoms with E-state index < -0.39 is 6.09 Å². The van der Waals surface area contributed by atoms with Crippen molar-refractivity contribution in [2.75, 3.05) is 11.9 Å². The van der Waals surface area contributed by atoms with Crippen LogP contribution in [0.1, 0.15) is 41.1 Å². The average molecular weight is 483 g/mol. The number of nitrogens with one attached hydrogen (secondary N) is 2. The normalized spacial score (nSPS) is 17.0. The summed E-state index contributed by atoms with van der Waals surface area (Å²) in [6.45, 7) is 3.43. The van der Waals surface area contributed by atoms with E-state index in [0.29, 0.717) is 25.3 Å². The van der Waals surface area contributed by atoms with Crippen LogP contribution in [0.4, 0.5) is 15.3 Å². The number of anilines is 1. The standard InChI is InChI=1S/C27H26N6O3/c1-16-11-29-25-21(16)10-18(12-30-25)17-8-19-14-32(26(34)31-20-4-2-6-28-13-20)15-23(19)22(9-17)24-5-3-7-33(24)27(35)36/h2,4,6,8-13,24H,3,5,7,14-15H2,1H3,(H,29,30)(H,31,34)(H,35,36). The highest BCUT2D eigenvalue weighted by molar-refractivity contribution is 5.90. The number of pyridine rings is 2. The fraction of sp³-hybridized carbons (Fsp3) is 0.259. The summed E-state index contributed by atoms with van der Waals surface area (Å²) >= 11 is 0. The minimum absolute atomic E-state index is 0.209. The average Bonchev–Trinajstić information content (AvgIpc) is 3.62. The molecule has 2 aliphatic heterocycles. The number of rotatable bonds is 3. The summed E-state index contributed by atoms with van der Waals surface area (Å²) in [6, 6.07) is 9.45. The number of H-pyrrole nitrogens is 1. The highest BCUT2D eigenvalue weighted by Gasteiger charge is 2.35. The molecule has 0 aliphatic carbocycles. The molecule has 1 saturated heterocycles.